The lowest BCUT2D eigenvalue weighted by Gasteiger charge is -2.34. The molecule has 2 heterocycles. The first-order valence-corrected chi connectivity index (χ1v) is 11.2. The minimum Gasteiger partial charge on any atom is -0.497 e. The molecule has 2 aromatic carbocycles. The maximum absolute atomic E-state index is 12.8. The highest BCUT2D eigenvalue weighted by Crippen LogP contribution is 2.26. The normalized spacial score (nSPS) is 14.7. The predicted molar refractivity (Wildman–Crippen MR) is 122 cm³/mol. The second kappa shape index (κ2) is 9.35. The molecule has 0 radical (unpaired) electrons. The zero-order valence-corrected chi connectivity index (χ0v) is 18.8. The van der Waals surface area contributed by atoms with E-state index in [1.165, 1.54) is 0 Å². The molecule has 0 saturated carbocycles. The van der Waals surface area contributed by atoms with Gasteiger partial charge < -0.3 is 9.64 Å². The lowest BCUT2D eigenvalue weighted by Crippen LogP contribution is -2.48. The third-order valence-corrected chi connectivity index (χ3v) is 6.49. The maximum Gasteiger partial charge on any atom is 0.255 e. The largest absolute Gasteiger partial charge is 0.497 e. The van der Waals surface area contributed by atoms with Crippen molar-refractivity contribution < 1.29 is 9.53 Å². The molecule has 156 valence electrons. The Labute approximate surface area is 189 Å². The summed E-state index contributed by atoms with van der Waals surface area (Å²) in [6.07, 6.45) is 0. The van der Waals surface area contributed by atoms with Crippen molar-refractivity contribution in [1.29, 1.82) is 0 Å². The van der Waals surface area contributed by atoms with Gasteiger partial charge in [-0.1, -0.05) is 35.3 Å². The lowest BCUT2D eigenvalue weighted by molar-refractivity contribution is 0.0628. The fraction of sp³-hybridized carbons (Fsp3) is 0.273. The lowest BCUT2D eigenvalue weighted by atomic mass is 10.1. The summed E-state index contributed by atoms with van der Waals surface area (Å²) in [5.41, 5.74) is 2.46. The Hall–Kier alpha value is -2.12. The second-order valence-electron chi connectivity index (χ2n) is 7.05. The summed E-state index contributed by atoms with van der Waals surface area (Å²) in [7, 11) is 1.66. The van der Waals surface area contributed by atoms with E-state index in [4.69, 9.17) is 32.9 Å². The SMILES string of the molecule is COc1cccc(-c2csc(CN3CCN(C(=O)c4cc(Cl)ccc4Cl)CC3)n2)c1. The summed E-state index contributed by atoms with van der Waals surface area (Å²) in [5.74, 6) is 0.749. The highest BCUT2D eigenvalue weighted by Gasteiger charge is 2.24. The van der Waals surface area contributed by atoms with Crippen molar-refractivity contribution in [3.05, 3.63) is 68.5 Å². The van der Waals surface area contributed by atoms with Crippen LogP contribution in [0, 0.1) is 0 Å². The van der Waals surface area contributed by atoms with E-state index in [9.17, 15) is 4.79 Å². The van der Waals surface area contributed by atoms with Crippen LogP contribution in [-0.4, -0.2) is 54.0 Å². The van der Waals surface area contributed by atoms with Crippen LogP contribution < -0.4 is 4.74 Å². The van der Waals surface area contributed by atoms with Crippen LogP contribution in [0.5, 0.6) is 5.75 Å². The van der Waals surface area contributed by atoms with Crippen LogP contribution in [0.25, 0.3) is 11.3 Å². The van der Waals surface area contributed by atoms with E-state index in [-0.39, 0.29) is 5.91 Å². The van der Waals surface area contributed by atoms with Gasteiger partial charge >= 0.3 is 0 Å². The number of rotatable bonds is 5. The molecular weight excluding hydrogens is 441 g/mol. The van der Waals surface area contributed by atoms with Crippen molar-refractivity contribution in [2.45, 2.75) is 6.54 Å². The maximum atomic E-state index is 12.8. The molecule has 1 fully saturated rings. The Kier molecular flexibility index (Phi) is 6.58. The van der Waals surface area contributed by atoms with Gasteiger partial charge in [-0.15, -0.1) is 11.3 Å². The van der Waals surface area contributed by atoms with Crippen LogP contribution in [0.3, 0.4) is 0 Å². The van der Waals surface area contributed by atoms with E-state index in [1.54, 1.807) is 36.6 Å². The Balaban J connectivity index is 1.36. The number of carbonyl (C=O) groups is 1. The molecule has 3 aromatic rings. The number of hydrogen-bond donors (Lipinski definition) is 0. The van der Waals surface area contributed by atoms with Crippen LogP contribution >= 0.6 is 34.5 Å². The molecule has 0 atom stereocenters. The predicted octanol–water partition coefficient (Wildman–Crippen LogP) is 5.08. The van der Waals surface area contributed by atoms with Crippen LogP contribution in [0.15, 0.2) is 47.8 Å². The van der Waals surface area contributed by atoms with E-state index in [2.05, 4.69) is 10.3 Å². The number of benzene rings is 2. The molecule has 1 aliphatic rings. The number of thiazole rings is 1. The first-order valence-electron chi connectivity index (χ1n) is 9.59. The van der Waals surface area contributed by atoms with Gasteiger partial charge in [0.1, 0.15) is 10.8 Å². The third-order valence-electron chi connectivity index (χ3n) is 5.09. The van der Waals surface area contributed by atoms with Crippen molar-refractivity contribution in [3.8, 4) is 17.0 Å². The van der Waals surface area contributed by atoms with E-state index >= 15 is 0 Å². The number of nitrogens with zero attached hydrogens (tertiary/aromatic N) is 3. The average molecular weight is 462 g/mol. The molecule has 0 spiro atoms. The zero-order chi connectivity index (χ0) is 21.1. The number of aromatic nitrogens is 1. The summed E-state index contributed by atoms with van der Waals surface area (Å²) in [4.78, 5) is 21.7. The van der Waals surface area contributed by atoms with Crippen molar-refractivity contribution in [1.82, 2.24) is 14.8 Å². The van der Waals surface area contributed by atoms with Crippen LogP contribution in [-0.2, 0) is 6.54 Å². The minimum atomic E-state index is -0.0725. The zero-order valence-electron chi connectivity index (χ0n) is 16.5. The molecule has 1 aromatic heterocycles. The Morgan fingerprint density at radius 3 is 2.70 bits per heavy atom. The second-order valence-corrected chi connectivity index (χ2v) is 8.84. The Morgan fingerprint density at radius 1 is 1.13 bits per heavy atom. The van der Waals surface area contributed by atoms with E-state index in [1.807, 2.05) is 29.2 Å². The summed E-state index contributed by atoms with van der Waals surface area (Å²) in [6.45, 7) is 3.65. The first-order chi connectivity index (χ1) is 14.5. The number of piperazine rings is 1. The molecule has 1 amide bonds. The van der Waals surface area contributed by atoms with Gasteiger partial charge in [0.05, 0.1) is 29.9 Å². The van der Waals surface area contributed by atoms with Gasteiger partial charge in [-0.05, 0) is 30.3 Å². The third kappa shape index (κ3) is 4.78. The van der Waals surface area contributed by atoms with E-state index in [0.717, 1.165) is 41.6 Å². The molecule has 5 nitrogen and oxygen atoms in total. The van der Waals surface area contributed by atoms with Crippen molar-refractivity contribution >= 4 is 40.4 Å². The van der Waals surface area contributed by atoms with Gasteiger partial charge in [0.15, 0.2) is 0 Å². The van der Waals surface area contributed by atoms with Crippen molar-refractivity contribution in [3.63, 3.8) is 0 Å². The fourth-order valence-corrected chi connectivity index (χ4v) is 4.65. The van der Waals surface area contributed by atoms with Gasteiger partial charge in [0.25, 0.3) is 5.91 Å². The summed E-state index contributed by atoms with van der Waals surface area (Å²) < 4.78 is 5.30. The Morgan fingerprint density at radius 2 is 1.93 bits per heavy atom. The van der Waals surface area contributed by atoms with Gasteiger partial charge in [-0.3, -0.25) is 9.69 Å². The number of hydrogen-bond acceptors (Lipinski definition) is 5. The molecule has 0 unspecified atom stereocenters. The number of methoxy groups -OCH3 is 1. The van der Waals surface area contributed by atoms with Gasteiger partial charge in [0.2, 0.25) is 0 Å². The minimum absolute atomic E-state index is 0.0725. The number of halogens is 2. The van der Waals surface area contributed by atoms with Gasteiger partial charge in [-0.2, -0.15) is 0 Å². The molecule has 30 heavy (non-hydrogen) atoms. The van der Waals surface area contributed by atoms with Crippen LogP contribution in [0.2, 0.25) is 10.0 Å². The highest BCUT2D eigenvalue weighted by atomic mass is 35.5. The van der Waals surface area contributed by atoms with Crippen molar-refractivity contribution in [2.75, 3.05) is 33.3 Å². The molecule has 0 N–H and O–H groups in total. The topological polar surface area (TPSA) is 45.7 Å². The molecule has 8 heteroatoms. The van der Waals surface area contributed by atoms with E-state index in [0.29, 0.717) is 28.7 Å². The summed E-state index contributed by atoms with van der Waals surface area (Å²) in [6, 6.07) is 12.9. The standard InChI is InChI=1S/C22H21Cl2N3O2S/c1-29-17-4-2-3-15(11-17)20-14-30-21(25-20)13-26-7-9-27(10-8-26)22(28)18-12-16(23)5-6-19(18)24/h2-6,11-12,14H,7-10,13H2,1H3. The average Bonchev–Trinajstić information content (AvgIpc) is 3.24. The number of amides is 1. The van der Waals surface area contributed by atoms with E-state index < -0.39 is 0 Å². The van der Waals surface area contributed by atoms with Gasteiger partial charge in [0, 0.05) is 42.1 Å². The molecular formula is C22H21Cl2N3O2S. The summed E-state index contributed by atoms with van der Waals surface area (Å²) >= 11 is 13.9. The van der Waals surface area contributed by atoms with Crippen LogP contribution in [0.4, 0.5) is 0 Å². The van der Waals surface area contributed by atoms with Crippen molar-refractivity contribution in [2.24, 2.45) is 0 Å². The molecule has 1 saturated heterocycles. The fourth-order valence-electron chi connectivity index (χ4n) is 3.43. The number of ether oxygens (including phenoxy) is 1. The molecule has 0 aliphatic carbocycles. The molecule has 0 bridgehead atoms. The van der Waals surface area contributed by atoms with Crippen LogP contribution in [0.1, 0.15) is 15.4 Å². The summed E-state index contributed by atoms with van der Waals surface area (Å²) in [5, 5.41) is 4.08. The number of carbonyl (C=O) groups excluding carboxylic acids is 1. The monoisotopic (exact) mass is 461 g/mol. The first kappa shape index (κ1) is 21.1. The highest BCUT2D eigenvalue weighted by molar-refractivity contribution is 7.09. The molecule has 1 aliphatic heterocycles. The quantitative estimate of drug-likeness (QED) is 0.531. The molecule has 4 rings (SSSR count). The van der Waals surface area contributed by atoms with Gasteiger partial charge in [-0.25, -0.2) is 4.98 Å². The smallest absolute Gasteiger partial charge is 0.255 e. The Bertz CT molecular complexity index is 1050.